The minimum atomic E-state index is 0.0156. The number of hydrogen-bond donors (Lipinski definition) is 2. The van der Waals surface area contributed by atoms with Crippen LogP contribution in [-0.4, -0.2) is 58.1 Å². The topological polar surface area (TPSA) is 47.2 Å². The third-order valence-corrected chi connectivity index (χ3v) is 4.59. The maximum atomic E-state index is 5.55. The molecule has 6 heteroatoms. The van der Waals surface area contributed by atoms with Gasteiger partial charge in [-0.05, 0) is 37.5 Å². The number of H-pyrrole nitrogens is 1. The minimum Gasteiger partial charge on any atom is -0.346 e. The quantitative estimate of drug-likeness (QED) is 0.787. The van der Waals surface area contributed by atoms with Crippen molar-refractivity contribution >= 4 is 34.1 Å². The maximum absolute atomic E-state index is 5.55. The average Bonchev–Trinajstić information content (AvgIpc) is 2.91. The zero-order valence-electron chi connectivity index (χ0n) is 14.3. The van der Waals surface area contributed by atoms with Gasteiger partial charge >= 0.3 is 0 Å². The normalized spacial score (nSPS) is 16.8. The molecule has 0 bridgehead atoms. The first-order chi connectivity index (χ1) is 10.8. The number of fused-ring (bicyclic) bond motifs is 1. The number of imidazole rings is 1. The molecule has 0 amide bonds. The van der Waals surface area contributed by atoms with Crippen LogP contribution >= 0.6 is 12.2 Å². The van der Waals surface area contributed by atoms with Crippen LogP contribution in [0.1, 0.15) is 26.6 Å². The van der Waals surface area contributed by atoms with Crippen molar-refractivity contribution in [1.82, 2.24) is 19.8 Å². The van der Waals surface area contributed by atoms with Gasteiger partial charge in [-0.15, -0.1) is 0 Å². The molecule has 0 spiro atoms. The third kappa shape index (κ3) is 3.64. The van der Waals surface area contributed by atoms with Crippen molar-refractivity contribution in [1.29, 1.82) is 0 Å². The Labute approximate surface area is 143 Å². The molecule has 1 aromatic heterocycles. The molecule has 2 N–H and O–H groups in total. The summed E-state index contributed by atoms with van der Waals surface area (Å²) in [5, 5.41) is 4.16. The first kappa shape index (κ1) is 16.2. The number of anilines is 1. The highest BCUT2D eigenvalue weighted by molar-refractivity contribution is 7.80. The molecule has 3 rings (SSSR count). The lowest BCUT2D eigenvalue weighted by Crippen LogP contribution is -2.48. The first-order valence-corrected chi connectivity index (χ1v) is 8.48. The van der Waals surface area contributed by atoms with Gasteiger partial charge in [-0.3, -0.25) is 0 Å². The summed E-state index contributed by atoms with van der Waals surface area (Å²) in [4.78, 5) is 12.6. The van der Waals surface area contributed by atoms with Gasteiger partial charge < -0.3 is 20.1 Å². The van der Waals surface area contributed by atoms with Crippen molar-refractivity contribution in [2.75, 3.05) is 38.5 Å². The van der Waals surface area contributed by atoms with Crippen LogP contribution in [0.5, 0.6) is 0 Å². The highest BCUT2D eigenvalue weighted by Gasteiger charge is 2.19. The molecule has 23 heavy (non-hydrogen) atoms. The second-order valence-electron chi connectivity index (χ2n) is 7.29. The third-order valence-electron chi connectivity index (χ3n) is 4.23. The zero-order valence-corrected chi connectivity index (χ0v) is 15.1. The van der Waals surface area contributed by atoms with Gasteiger partial charge in [-0.1, -0.05) is 20.8 Å². The van der Waals surface area contributed by atoms with Gasteiger partial charge in [0.2, 0.25) is 0 Å². The highest BCUT2D eigenvalue weighted by Crippen LogP contribution is 2.24. The molecule has 5 nitrogen and oxygen atoms in total. The number of piperazine rings is 1. The summed E-state index contributed by atoms with van der Waals surface area (Å²) < 4.78 is 0. The summed E-state index contributed by atoms with van der Waals surface area (Å²) in [7, 11) is 2.15. The van der Waals surface area contributed by atoms with E-state index in [2.05, 4.69) is 59.0 Å². The SMILES string of the molecule is CN1CCN(C(=S)Nc2ccc3nc(C(C)(C)C)[nH]c3c2)CC1. The second-order valence-corrected chi connectivity index (χ2v) is 7.67. The monoisotopic (exact) mass is 331 g/mol. The number of nitrogens with one attached hydrogen (secondary N) is 2. The van der Waals surface area contributed by atoms with E-state index in [0.717, 1.165) is 53.8 Å². The van der Waals surface area contributed by atoms with E-state index in [4.69, 9.17) is 12.2 Å². The highest BCUT2D eigenvalue weighted by atomic mass is 32.1. The van der Waals surface area contributed by atoms with Gasteiger partial charge in [0.1, 0.15) is 5.82 Å². The molecule has 1 aliphatic rings. The smallest absolute Gasteiger partial charge is 0.173 e. The fourth-order valence-corrected chi connectivity index (χ4v) is 2.96. The molecule has 124 valence electrons. The number of hydrogen-bond acceptors (Lipinski definition) is 3. The van der Waals surface area contributed by atoms with Gasteiger partial charge in [-0.25, -0.2) is 4.98 Å². The lowest BCUT2D eigenvalue weighted by atomic mass is 9.96. The Morgan fingerprint density at radius 1 is 1.22 bits per heavy atom. The van der Waals surface area contributed by atoms with Crippen molar-refractivity contribution in [3.05, 3.63) is 24.0 Å². The molecule has 0 atom stereocenters. The standard InChI is InChI=1S/C17H25N5S/c1-17(2,3)15-19-13-6-5-12(11-14(13)20-15)18-16(23)22-9-7-21(4)8-10-22/h5-6,11H,7-10H2,1-4H3,(H,18,23)(H,19,20). The van der Waals surface area contributed by atoms with Gasteiger partial charge in [0, 0.05) is 37.3 Å². The Morgan fingerprint density at radius 2 is 1.91 bits per heavy atom. The van der Waals surface area contributed by atoms with Crippen molar-refractivity contribution in [3.63, 3.8) is 0 Å². The van der Waals surface area contributed by atoms with Crippen molar-refractivity contribution in [2.45, 2.75) is 26.2 Å². The van der Waals surface area contributed by atoms with E-state index >= 15 is 0 Å². The van der Waals surface area contributed by atoms with Crippen LogP contribution in [-0.2, 0) is 5.41 Å². The number of nitrogens with zero attached hydrogens (tertiary/aromatic N) is 3. The van der Waals surface area contributed by atoms with Crippen LogP contribution in [0.15, 0.2) is 18.2 Å². The van der Waals surface area contributed by atoms with E-state index in [0.29, 0.717) is 0 Å². The van der Waals surface area contributed by atoms with E-state index in [1.165, 1.54) is 0 Å². The molecule has 2 aromatic rings. The molecular formula is C17H25N5S. The van der Waals surface area contributed by atoms with Crippen LogP contribution < -0.4 is 5.32 Å². The predicted octanol–water partition coefficient (Wildman–Crippen LogP) is 2.80. The van der Waals surface area contributed by atoms with E-state index in [-0.39, 0.29) is 5.41 Å². The van der Waals surface area contributed by atoms with E-state index < -0.39 is 0 Å². The van der Waals surface area contributed by atoms with Crippen LogP contribution in [0.2, 0.25) is 0 Å². The number of likely N-dealkylation sites (N-methyl/N-ethyl adjacent to an activating group) is 1. The number of aromatic nitrogens is 2. The lowest BCUT2D eigenvalue weighted by Gasteiger charge is -2.34. The van der Waals surface area contributed by atoms with Gasteiger partial charge in [0.25, 0.3) is 0 Å². The number of benzene rings is 1. The molecule has 0 saturated carbocycles. The summed E-state index contributed by atoms with van der Waals surface area (Å²) in [6, 6.07) is 6.16. The zero-order chi connectivity index (χ0) is 16.6. The second kappa shape index (κ2) is 6.09. The molecule has 1 saturated heterocycles. The summed E-state index contributed by atoms with van der Waals surface area (Å²) in [6.07, 6.45) is 0. The van der Waals surface area contributed by atoms with Crippen molar-refractivity contribution in [2.24, 2.45) is 0 Å². The van der Waals surface area contributed by atoms with E-state index in [9.17, 15) is 0 Å². The Morgan fingerprint density at radius 3 is 2.57 bits per heavy atom. The average molecular weight is 331 g/mol. The molecule has 1 aliphatic heterocycles. The van der Waals surface area contributed by atoms with Crippen LogP contribution in [0.3, 0.4) is 0 Å². The predicted molar refractivity (Wildman–Crippen MR) is 100 cm³/mol. The van der Waals surface area contributed by atoms with Crippen molar-refractivity contribution < 1.29 is 0 Å². The summed E-state index contributed by atoms with van der Waals surface area (Å²) in [6.45, 7) is 10.5. The lowest BCUT2D eigenvalue weighted by molar-refractivity contribution is 0.217. The van der Waals surface area contributed by atoms with Gasteiger partial charge in [0.05, 0.1) is 11.0 Å². The molecule has 2 heterocycles. The van der Waals surface area contributed by atoms with Crippen LogP contribution in [0.25, 0.3) is 11.0 Å². The molecule has 0 aliphatic carbocycles. The van der Waals surface area contributed by atoms with Crippen LogP contribution in [0, 0.1) is 0 Å². The number of aromatic amines is 1. The number of rotatable bonds is 1. The first-order valence-electron chi connectivity index (χ1n) is 8.08. The molecule has 0 unspecified atom stereocenters. The Kier molecular flexibility index (Phi) is 4.29. The number of thiocarbonyl (C=S) groups is 1. The fraction of sp³-hybridized carbons (Fsp3) is 0.529. The maximum Gasteiger partial charge on any atom is 0.173 e. The van der Waals surface area contributed by atoms with E-state index in [1.54, 1.807) is 0 Å². The summed E-state index contributed by atoms with van der Waals surface area (Å²) in [5.74, 6) is 1.01. The van der Waals surface area contributed by atoms with Crippen LogP contribution in [0.4, 0.5) is 5.69 Å². The molecular weight excluding hydrogens is 306 g/mol. The molecule has 0 radical (unpaired) electrons. The fourth-order valence-electron chi connectivity index (χ4n) is 2.65. The Bertz CT molecular complexity index is 707. The summed E-state index contributed by atoms with van der Waals surface area (Å²) in [5.41, 5.74) is 3.06. The molecule has 1 aromatic carbocycles. The summed E-state index contributed by atoms with van der Waals surface area (Å²) >= 11 is 5.55. The minimum absolute atomic E-state index is 0.0156. The Hall–Kier alpha value is -1.66. The molecule has 1 fully saturated rings. The Balaban J connectivity index is 1.74. The van der Waals surface area contributed by atoms with E-state index in [1.807, 2.05) is 12.1 Å². The van der Waals surface area contributed by atoms with Gasteiger partial charge in [0.15, 0.2) is 5.11 Å². The van der Waals surface area contributed by atoms with Crippen molar-refractivity contribution in [3.8, 4) is 0 Å². The van der Waals surface area contributed by atoms with Gasteiger partial charge in [-0.2, -0.15) is 0 Å². The largest absolute Gasteiger partial charge is 0.346 e.